The van der Waals surface area contributed by atoms with Crippen molar-refractivity contribution in [3.05, 3.63) is 63.4 Å². The van der Waals surface area contributed by atoms with E-state index < -0.39 is 23.5 Å². The number of nitrogens with zero attached hydrogens (tertiary/aromatic N) is 1. The molecular weight excluding hydrogens is 361 g/mol. The summed E-state index contributed by atoms with van der Waals surface area (Å²) >= 11 is 11.6. The van der Waals surface area contributed by atoms with Gasteiger partial charge in [-0.3, -0.25) is 4.79 Å². The summed E-state index contributed by atoms with van der Waals surface area (Å²) in [6.07, 6.45) is 0.0665. The molecule has 0 saturated heterocycles. The summed E-state index contributed by atoms with van der Waals surface area (Å²) in [5, 5.41) is 12.2. The molecule has 2 N–H and O–H groups in total. The van der Waals surface area contributed by atoms with Gasteiger partial charge < -0.3 is 10.4 Å². The van der Waals surface area contributed by atoms with Crippen LogP contribution in [0.3, 0.4) is 0 Å². The van der Waals surface area contributed by atoms with Crippen molar-refractivity contribution in [1.82, 2.24) is 10.3 Å². The molecule has 0 fully saturated rings. The third-order valence-corrected chi connectivity index (χ3v) is 3.87. The van der Waals surface area contributed by atoms with Gasteiger partial charge in [-0.1, -0.05) is 23.2 Å². The van der Waals surface area contributed by atoms with Gasteiger partial charge in [0.1, 0.15) is 22.5 Å². The Morgan fingerprint density at radius 3 is 2.71 bits per heavy atom. The van der Waals surface area contributed by atoms with E-state index in [4.69, 9.17) is 23.2 Å². The molecule has 4 nitrogen and oxygen atoms in total. The topological polar surface area (TPSA) is 62.2 Å². The van der Waals surface area contributed by atoms with E-state index in [-0.39, 0.29) is 41.0 Å². The molecule has 1 heterocycles. The minimum atomic E-state index is -0.569. The van der Waals surface area contributed by atoms with Crippen LogP contribution in [0.4, 0.5) is 8.78 Å². The Labute approximate surface area is 147 Å². The Morgan fingerprint density at radius 1 is 1.25 bits per heavy atom. The van der Waals surface area contributed by atoms with Crippen molar-refractivity contribution in [3.63, 3.8) is 0 Å². The van der Waals surface area contributed by atoms with Crippen LogP contribution in [0.25, 0.3) is 0 Å². The van der Waals surface area contributed by atoms with E-state index in [0.717, 1.165) is 18.2 Å². The molecule has 0 aliphatic heterocycles. The first-order valence-electron chi connectivity index (χ1n) is 7.05. The second kappa shape index (κ2) is 8.37. The molecule has 0 saturated carbocycles. The third kappa shape index (κ3) is 4.87. The molecule has 1 aromatic heterocycles. The predicted molar refractivity (Wildman–Crippen MR) is 87.2 cm³/mol. The maximum atomic E-state index is 13.6. The Bertz CT molecular complexity index is 744. The van der Waals surface area contributed by atoms with Gasteiger partial charge in [-0.25, -0.2) is 13.8 Å². The lowest BCUT2D eigenvalue weighted by molar-refractivity contribution is 0.0935. The summed E-state index contributed by atoms with van der Waals surface area (Å²) < 4.78 is 26.8. The van der Waals surface area contributed by atoms with E-state index in [9.17, 15) is 18.7 Å². The van der Waals surface area contributed by atoms with Gasteiger partial charge in [-0.15, -0.1) is 0 Å². The fourth-order valence-electron chi connectivity index (χ4n) is 2.11. The lowest BCUT2D eigenvalue weighted by Gasteiger charge is -2.16. The monoisotopic (exact) mass is 374 g/mol. The number of amides is 1. The molecule has 1 atom stereocenters. The van der Waals surface area contributed by atoms with Gasteiger partial charge in [0.25, 0.3) is 5.91 Å². The van der Waals surface area contributed by atoms with Crippen LogP contribution >= 0.6 is 23.2 Å². The smallest absolute Gasteiger partial charge is 0.271 e. The Kier molecular flexibility index (Phi) is 6.48. The summed E-state index contributed by atoms with van der Waals surface area (Å²) in [4.78, 5) is 15.9. The number of hydrogen-bond donors (Lipinski definition) is 2. The summed E-state index contributed by atoms with van der Waals surface area (Å²) in [5.74, 6) is -2.20. The van der Waals surface area contributed by atoms with Crippen LogP contribution in [0.5, 0.6) is 0 Å². The number of rotatable bonds is 6. The van der Waals surface area contributed by atoms with Crippen LogP contribution in [0, 0.1) is 17.6 Å². The van der Waals surface area contributed by atoms with E-state index in [1.54, 1.807) is 0 Å². The number of halogens is 4. The standard InChI is InChI=1S/C16H14Cl2F2N2O2/c17-12-2-4-14(18)22-15(12)16(24)21-7-9(8-23)5-10-6-11(19)1-3-13(10)20/h1-4,6,9,23H,5,7-8H2,(H,21,24)/t9-/m1/s1. The number of hydrogen-bond acceptors (Lipinski definition) is 3. The Balaban J connectivity index is 2.01. The Hall–Kier alpha value is -1.76. The number of aliphatic hydroxyl groups is 1. The number of nitrogens with one attached hydrogen (secondary N) is 1. The van der Waals surface area contributed by atoms with Gasteiger partial charge >= 0.3 is 0 Å². The number of carbonyl (C=O) groups excluding carboxylic acids is 1. The molecule has 1 amide bonds. The first-order valence-corrected chi connectivity index (χ1v) is 7.81. The quantitative estimate of drug-likeness (QED) is 0.762. The molecule has 0 unspecified atom stereocenters. The molecule has 128 valence electrons. The average Bonchev–Trinajstić information content (AvgIpc) is 2.56. The highest BCUT2D eigenvalue weighted by molar-refractivity contribution is 6.34. The van der Waals surface area contributed by atoms with Crippen LogP contribution in [0.15, 0.2) is 30.3 Å². The molecule has 8 heteroatoms. The minimum absolute atomic E-state index is 0.0375. The summed E-state index contributed by atoms with van der Waals surface area (Å²) in [6.45, 7) is -0.275. The maximum Gasteiger partial charge on any atom is 0.271 e. The predicted octanol–water partition coefficient (Wildman–Crippen LogP) is 3.25. The zero-order valence-electron chi connectivity index (χ0n) is 12.4. The number of carbonyl (C=O) groups is 1. The van der Waals surface area contributed by atoms with E-state index in [1.165, 1.54) is 12.1 Å². The number of pyridine rings is 1. The molecule has 0 aliphatic rings. The zero-order valence-corrected chi connectivity index (χ0v) is 13.9. The summed E-state index contributed by atoms with van der Waals surface area (Å²) in [5.41, 5.74) is 0.0833. The SMILES string of the molecule is O=C(NC[C@H](CO)Cc1cc(F)ccc1F)c1nc(Cl)ccc1Cl. The number of benzene rings is 1. The van der Waals surface area contributed by atoms with Crippen LogP contribution in [0.1, 0.15) is 16.1 Å². The van der Waals surface area contributed by atoms with Gasteiger partial charge in [0.2, 0.25) is 0 Å². The second-order valence-corrected chi connectivity index (χ2v) is 5.96. The van der Waals surface area contributed by atoms with Crippen LogP contribution in [0.2, 0.25) is 10.2 Å². The summed E-state index contributed by atoms with van der Waals surface area (Å²) in [7, 11) is 0. The first-order chi connectivity index (χ1) is 11.4. The minimum Gasteiger partial charge on any atom is -0.396 e. The molecule has 0 radical (unpaired) electrons. The van der Waals surface area contributed by atoms with Gasteiger partial charge in [0.05, 0.1) is 5.02 Å². The van der Waals surface area contributed by atoms with E-state index in [0.29, 0.717) is 0 Å². The molecular formula is C16H14Cl2F2N2O2. The first kappa shape index (κ1) is 18.6. The number of aromatic nitrogens is 1. The highest BCUT2D eigenvalue weighted by Crippen LogP contribution is 2.17. The van der Waals surface area contributed by atoms with E-state index in [2.05, 4.69) is 10.3 Å². The van der Waals surface area contributed by atoms with Crippen molar-refractivity contribution in [1.29, 1.82) is 0 Å². The van der Waals surface area contributed by atoms with Crippen LogP contribution in [-0.4, -0.2) is 29.1 Å². The molecule has 2 aromatic rings. The van der Waals surface area contributed by atoms with Crippen molar-refractivity contribution in [2.24, 2.45) is 5.92 Å². The van der Waals surface area contributed by atoms with Crippen molar-refractivity contribution >= 4 is 29.1 Å². The van der Waals surface area contributed by atoms with Crippen molar-refractivity contribution in [3.8, 4) is 0 Å². The maximum absolute atomic E-state index is 13.6. The van der Waals surface area contributed by atoms with E-state index >= 15 is 0 Å². The fourth-order valence-corrected chi connectivity index (χ4v) is 2.45. The van der Waals surface area contributed by atoms with Gasteiger partial charge in [0.15, 0.2) is 0 Å². The van der Waals surface area contributed by atoms with Crippen LogP contribution < -0.4 is 5.32 Å². The lowest BCUT2D eigenvalue weighted by Crippen LogP contribution is -2.32. The average molecular weight is 375 g/mol. The molecule has 1 aromatic carbocycles. The highest BCUT2D eigenvalue weighted by Gasteiger charge is 2.17. The largest absolute Gasteiger partial charge is 0.396 e. The fraction of sp³-hybridized carbons (Fsp3) is 0.250. The normalized spacial score (nSPS) is 12.0. The third-order valence-electron chi connectivity index (χ3n) is 3.35. The molecule has 2 rings (SSSR count). The van der Waals surface area contributed by atoms with E-state index in [1.807, 2.05) is 0 Å². The highest BCUT2D eigenvalue weighted by atomic mass is 35.5. The molecule has 24 heavy (non-hydrogen) atoms. The second-order valence-electron chi connectivity index (χ2n) is 5.16. The molecule has 0 spiro atoms. The van der Waals surface area contributed by atoms with Crippen molar-refractivity contribution < 1.29 is 18.7 Å². The van der Waals surface area contributed by atoms with Gasteiger partial charge in [-0.05, 0) is 42.3 Å². The van der Waals surface area contributed by atoms with Crippen LogP contribution in [-0.2, 0) is 6.42 Å². The summed E-state index contributed by atoms with van der Waals surface area (Å²) in [6, 6.07) is 5.99. The molecule has 0 aliphatic carbocycles. The van der Waals surface area contributed by atoms with Gasteiger partial charge in [-0.2, -0.15) is 0 Å². The van der Waals surface area contributed by atoms with Gasteiger partial charge in [0, 0.05) is 19.1 Å². The van der Waals surface area contributed by atoms with Crippen molar-refractivity contribution in [2.45, 2.75) is 6.42 Å². The molecule has 0 bridgehead atoms. The van der Waals surface area contributed by atoms with Crippen molar-refractivity contribution in [2.75, 3.05) is 13.2 Å². The number of aliphatic hydroxyl groups excluding tert-OH is 1. The zero-order chi connectivity index (χ0) is 17.7. The Morgan fingerprint density at radius 2 is 2.00 bits per heavy atom. The lowest BCUT2D eigenvalue weighted by atomic mass is 9.99.